The molecule has 0 amide bonds. The Labute approximate surface area is 194 Å². The Bertz CT molecular complexity index is 989. The smallest absolute Gasteiger partial charge is 0.306 e. The van der Waals surface area contributed by atoms with E-state index in [0.717, 1.165) is 28.2 Å². The van der Waals surface area contributed by atoms with Gasteiger partial charge in [-0.1, -0.05) is 54.6 Å². The number of carboxylic acid groups (broad SMARTS) is 1. The minimum absolute atomic E-state index is 0.0823. The zero-order valence-corrected chi connectivity index (χ0v) is 18.8. The standard InChI is InChI=1S/C27H31NO5/c1-32-23-11-7-20(8-12-23)16-25(28)26(29)17-22(27(30)31)15-19-9-13-24(14-10-19)33-18-21-5-3-2-4-6-21/h2-14,22,25-26,29H,15-18,28H2,1H3,(H,30,31)/t22-,25+,26+/m1/s1. The van der Waals surface area contributed by atoms with E-state index < -0.39 is 24.0 Å². The van der Waals surface area contributed by atoms with Gasteiger partial charge in [0.15, 0.2) is 0 Å². The summed E-state index contributed by atoms with van der Waals surface area (Å²) in [6, 6.07) is 24.2. The van der Waals surface area contributed by atoms with E-state index in [1.165, 1.54) is 0 Å². The van der Waals surface area contributed by atoms with E-state index in [0.29, 0.717) is 19.4 Å². The van der Waals surface area contributed by atoms with Crippen molar-refractivity contribution >= 4 is 5.97 Å². The molecule has 0 aliphatic heterocycles. The van der Waals surface area contributed by atoms with Crippen molar-refractivity contribution in [1.82, 2.24) is 0 Å². The van der Waals surface area contributed by atoms with Crippen LogP contribution in [0.3, 0.4) is 0 Å². The Hall–Kier alpha value is -3.35. The number of aliphatic carboxylic acids is 1. The molecule has 3 rings (SSSR count). The maximum atomic E-state index is 11.8. The molecule has 3 aromatic carbocycles. The third kappa shape index (κ3) is 7.63. The van der Waals surface area contributed by atoms with Gasteiger partial charge in [-0.05, 0) is 60.2 Å². The van der Waals surface area contributed by atoms with Crippen molar-refractivity contribution in [3.05, 3.63) is 95.6 Å². The Morgan fingerprint density at radius 2 is 1.42 bits per heavy atom. The van der Waals surface area contributed by atoms with Crippen LogP contribution in [-0.4, -0.2) is 35.4 Å². The number of carbonyl (C=O) groups is 1. The summed E-state index contributed by atoms with van der Waals surface area (Å²) in [7, 11) is 1.60. The number of ether oxygens (including phenoxy) is 2. The van der Waals surface area contributed by atoms with Crippen molar-refractivity contribution in [2.75, 3.05) is 7.11 Å². The number of aliphatic hydroxyl groups excluding tert-OH is 1. The van der Waals surface area contributed by atoms with Crippen LogP contribution in [-0.2, 0) is 24.2 Å². The molecular formula is C27H31NO5. The van der Waals surface area contributed by atoms with Gasteiger partial charge in [0.25, 0.3) is 0 Å². The van der Waals surface area contributed by atoms with Gasteiger partial charge < -0.3 is 25.4 Å². The second kappa shape index (κ2) is 12.0. The Balaban J connectivity index is 1.53. The Kier molecular flexibility index (Phi) is 8.87. The number of rotatable bonds is 12. The first-order chi connectivity index (χ1) is 15.9. The summed E-state index contributed by atoms with van der Waals surface area (Å²) < 4.78 is 10.9. The van der Waals surface area contributed by atoms with Crippen molar-refractivity contribution in [2.24, 2.45) is 11.7 Å². The molecule has 0 bridgehead atoms. The third-order valence-electron chi connectivity index (χ3n) is 5.65. The number of aliphatic hydroxyl groups is 1. The Morgan fingerprint density at radius 1 is 0.848 bits per heavy atom. The van der Waals surface area contributed by atoms with Crippen LogP contribution in [0.15, 0.2) is 78.9 Å². The van der Waals surface area contributed by atoms with E-state index >= 15 is 0 Å². The van der Waals surface area contributed by atoms with E-state index in [4.69, 9.17) is 15.2 Å². The summed E-state index contributed by atoms with van der Waals surface area (Å²) >= 11 is 0. The van der Waals surface area contributed by atoms with Crippen LogP contribution >= 0.6 is 0 Å². The lowest BCUT2D eigenvalue weighted by Crippen LogP contribution is -2.39. The molecule has 6 nitrogen and oxygen atoms in total. The van der Waals surface area contributed by atoms with Crippen molar-refractivity contribution in [1.29, 1.82) is 0 Å². The molecule has 0 aliphatic carbocycles. The van der Waals surface area contributed by atoms with Gasteiger partial charge in [-0.15, -0.1) is 0 Å². The van der Waals surface area contributed by atoms with E-state index in [1.54, 1.807) is 7.11 Å². The predicted octanol–water partition coefficient (Wildman–Crippen LogP) is 3.84. The number of methoxy groups -OCH3 is 1. The summed E-state index contributed by atoms with van der Waals surface area (Å²) in [6.07, 6.45) is -0.0912. The summed E-state index contributed by atoms with van der Waals surface area (Å²) in [5, 5.41) is 20.3. The van der Waals surface area contributed by atoms with E-state index in [2.05, 4.69) is 0 Å². The number of benzene rings is 3. The van der Waals surface area contributed by atoms with Crippen LogP contribution in [0.5, 0.6) is 11.5 Å². The average Bonchev–Trinajstić information content (AvgIpc) is 2.84. The van der Waals surface area contributed by atoms with Crippen molar-refractivity contribution in [3.8, 4) is 11.5 Å². The molecule has 0 aliphatic rings. The van der Waals surface area contributed by atoms with Gasteiger partial charge in [0.1, 0.15) is 18.1 Å². The summed E-state index contributed by atoms with van der Waals surface area (Å²) in [4.78, 5) is 11.8. The van der Waals surface area contributed by atoms with E-state index in [-0.39, 0.29) is 6.42 Å². The zero-order valence-electron chi connectivity index (χ0n) is 18.8. The predicted molar refractivity (Wildman–Crippen MR) is 127 cm³/mol. The molecule has 0 fully saturated rings. The topological polar surface area (TPSA) is 102 Å². The molecule has 4 N–H and O–H groups in total. The van der Waals surface area contributed by atoms with Gasteiger partial charge in [-0.3, -0.25) is 4.79 Å². The maximum Gasteiger partial charge on any atom is 0.306 e. The van der Waals surface area contributed by atoms with Crippen molar-refractivity contribution in [3.63, 3.8) is 0 Å². The van der Waals surface area contributed by atoms with Crippen LogP contribution < -0.4 is 15.2 Å². The molecule has 0 aromatic heterocycles. The number of hydrogen-bond donors (Lipinski definition) is 3. The average molecular weight is 450 g/mol. The second-order valence-corrected chi connectivity index (χ2v) is 8.18. The highest BCUT2D eigenvalue weighted by Crippen LogP contribution is 2.21. The molecule has 0 saturated heterocycles. The normalized spacial score (nSPS) is 13.7. The lowest BCUT2D eigenvalue weighted by molar-refractivity contribution is -0.142. The van der Waals surface area contributed by atoms with Crippen molar-refractivity contribution in [2.45, 2.75) is 38.0 Å². The van der Waals surface area contributed by atoms with E-state index in [9.17, 15) is 15.0 Å². The molecule has 33 heavy (non-hydrogen) atoms. The number of hydrogen-bond acceptors (Lipinski definition) is 5. The van der Waals surface area contributed by atoms with Gasteiger partial charge in [0, 0.05) is 6.04 Å². The quantitative estimate of drug-likeness (QED) is 0.388. The minimum atomic E-state index is -0.949. The highest BCUT2D eigenvalue weighted by Gasteiger charge is 2.25. The third-order valence-corrected chi connectivity index (χ3v) is 5.65. The first-order valence-corrected chi connectivity index (χ1v) is 11.0. The fraction of sp³-hybridized carbons (Fsp3) is 0.296. The van der Waals surface area contributed by atoms with Gasteiger partial charge in [0.2, 0.25) is 0 Å². The summed E-state index contributed by atoms with van der Waals surface area (Å²) in [5.74, 6) is -0.223. The minimum Gasteiger partial charge on any atom is -0.497 e. The first-order valence-electron chi connectivity index (χ1n) is 11.0. The van der Waals surface area contributed by atoms with Crippen LogP contribution in [0.25, 0.3) is 0 Å². The largest absolute Gasteiger partial charge is 0.497 e. The SMILES string of the molecule is COc1ccc(C[C@H](N)[C@@H](O)C[C@@H](Cc2ccc(OCc3ccccc3)cc2)C(=O)O)cc1. The number of nitrogens with two attached hydrogens (primary N) is 1. The fourth-order valence-corrected chi connectivity index (χ4v) is 3.65. The van der Waals surface area contributed by atoms with Crippen LogP contribution in [0.4, 0.5) is 0 Å². The molecule has 0 unspecified atom stereocenters. The molecule has 6 heteroatoms. The zero-order chi connectivity index (χ0) is 23.6. The van der Waals surface area contributed by atoms with E-state index in [1.807, 2.05) is 78.9 Å². The van der Waals surface area contributed by atoms with Gasteiger partial charge in [0.05, 0.1) is 19.1 Å². The lowest BCUT2D eigenvalue weighted by atomic mass is 9.90. The highest BCUT2D eigenvalue weighted by atomic mass is 16.5. The summed E-state index contributed by atoms with van der Waals surface area (Å²) in [5.41, 5.74) is 9.07. The lowest BCUT2D eigenvalue weighted by Gasteiger charge is -2.22. The molecule has 3 aromatic rings. The van der Waals surface area contributed by atoms with Crippen LogP contribution in [0.2, 0.25) is 0 Å². The second-order valence-electron chi connectivity index (χ2n) is 8.18. The molecule has 3 atom stereocenters. The first kappa shape index (κ1) is 24.3. The molecule has 0 saturated carbocycles. The van der Waals surface area contributed by atoms with Crippen LogP contribution in [0.1, 0.15) is 23.1 Å². The molecule has 0 spiro atoms. The van der Waals surface area contributed by atoms with Gasteiger partial charge in [-0.25, -0.2) is 0 Å². The monoisotopic (exact) mass is 449 g/mol. The maximum absolute atomic E-state index is 11.8. The Morgan fingerprint density at radius 3 is 2.00 bits per heavy atom. The fourth-order valence-electron chi connectivity index (χ4n) is 3.65. The molecule has 0 heterocycles. The van der Waals surface area contributed by atoms with Gasteiger partial charge in [-0.2, -0.15) is 0 Å². The van der Waals surface area contributed by atoms with Gasteiger partial charge >= 0.3 is 5.97 Å². The van der Waals surface area contributed by atoms with Crippen molar-refractivity contribution < 1.29 is 24.5 Å². The number of carboxylic acids is 1. The molecule has 174 valence electrons. The highest BCUT2D eigenvalue weighted by molar-refractivity contribution is 5.70. The molecular weight excluding hydrogens is 418 g/mol. The molecule has 0 radical (unpaired) electrons. The van der Waals surface area contributed by atoms with Crippen LogP contribution in [0, 0.1) is 5.92 Å². The summed E-state index contributed by atoms with van der Waals surface area (Å²) in [6.45, 7) is 0.468.